The Labute approximate surface area is 128 Å². The molecule has 0 aliphatic heterocycles. The van der Waals surface area contributed by atoms with Gasteiger partial charge >= 0.3 is 5.97 Å². The third-order valence-electron chi connectivity index (χ3n) is 3.16. The number of methoxy groups -OCH3 is 1. The van der Waals surface area contributed by atoms with Crippen LogP contribution >= 0.6 is 11.6 Å². The number of hydrogen-bond acceptors (Lipinski definition) is 4. The normalized spacial score (nSPS) is 11.8. The Morgan fingerprint density at radius 2 is 1.95 bits per heavy atom. The average Bonchev–Trinajstić information content (AvgIpc) is 2.48. The minimum atomic E-state index is -0.400. The van der Waals surface area contributed by atoms with E-state index in [9.17, 15) is 4.79 Å². The number of esters is 1. The Hall–Kier alpha value is -2.20. The SMILES string of the molecule is COC(=O)/C(C)=C(\c1ccnc(Cl)n1)c1ccccc1C. The molecule has 5 heteroatoms. The molecule has 0 spiro atoms. The highest BCUT2D eigenvalue weighted by atomic mass is 35.5. The van der Waals surface area contributed by atoms with Gasteiger partial charge in [-0.2, -0.15) is 0 Å². The van der Waals surface area contributed by atoms with Crippen molar-refractivity contribution < 1.29 is 9.53 Å². The summed E-state index contributed by atoms with van der Waals surface area (Å²) in [5.74, 6) is -0.400. The van der Waals surface area contributed by atoms with Crippen LogP contribution in [0.5, 0.6) is 0 Å². The summed E-state index contributed by atoms with van der Waals surface area (Å²) in [5, 5.41) is 0.135. The molecule has 4 nitrogen and oxygen atoms in total. The highest BCUT2D eigenvalue weighted by Gasteiger charge is 2.18. The molecule has 0 N–H and O–H groups in total. The van der Waals surface area contributed by atoms with Gasteiger partial charge in [-0.25, -0.2) is 14.8 Å². The summed E-state index contributed by atoms with van der Waals surface area (Å²) in [6, 6.07) is 9.49. The van der Waals surface area contributed by atoms with Crippen LogP contribution in [0.1, 0.15) is 23.7 Å². The maximum Gasteiger partial charge on any atom is 0.334 e. The fourth-order valence-electron chi connectivity index (χ4n) is 2.11. The van der Waals surface area contributed by atoms with Gasteiger partial charge in [0, 0.05) is 17.3 Å². The number of halogens is 1. The maximum atomic E-state index is 11.9. The van der Waals surface area contributed by atoms with Gasteiger partial charge < -0.3 is 4.74 Å². The average molecular weight is 303 g/mol. The van der Waals surface area contributed by atoms with Gasteiger partial charge in [0.25, 0.3) is 0 Å². The summed E-state index contributed by atoms with van der Waals surface area (Å²) in [6.07, 6.45) is 1.56. The lowest BCUT2D eigenvalue weighted by atomic mass is 9.94. The van der Waals surface area contributed by atoms with Crippen LogP contribution in [0.25, 0.3) is 5.57 Å². The molecule has 1 aromatic heterocycles. The van der Waals surface area contributed by atoms with E-state index in [-0.39, 0.29) is 5.28 Å². The summed E-state index contributed by atoms with van der Waals surface area (Å²) < 4.78 is 4.83. The van der Waals surface area contributed by atoms with Crippen LogP contribution in [0.15, 0.2) is 42.1 Å². The number of ether oxygens (including phenoxy) is 1. The smallest absolute Gasteiger partial charge is 0.334 e. The second kappa shape index (κ2) is 6.50. The molecule has 1 aromatic carbocycles. The molecule has 1 heterocycles. The van der Waals surface area contributed by atoms with Gasteiger partial charge in [0.15, 0.2) is 0 Å². The first kappa shape index (κ1) is 15.2. The van der Waals surface area contributed by atoms with E-state index in [1.165, 1.54) is 7.11 Å². The van der Waals surface area contributed by atoms with Gasteiger partial charge in [-0.05, 0) is 42.6 Å². The number of nitrogens with zero attached hydrogens (tertiary/aromatic N) is 2. The highest BCUT2D eigenvalue weighted by molar-refractivity contribution is 6.28. The summed E-state index contributed by atoms with van der Waals surface area (Å²) in [6.45, 7) is 3.69. The molecule has 0 saturated carbocycles. The lowest BCUT2D eigenvalue weighted by molar-refractivity contribution is -0.135. The summed E-state index contributed by atoms with van der Waals surface area (Å²) in [5.41, 5.74) is 3.71. The molecule has 2 rings (SSSR count). The van der Waals surface area contributed by atoms with Crippen LogP contribution in [-0.2, 0) is 9.53 Å². The molecule has 0 saturated heterocycles. The van der Waals surface area contributed by atoms with Crippen molar-refractivity contribution in [3.8, 4) is 0 Å². The zero-order valence-corrected chi connectivity index (χ0v) is 12.8. The van der Waals surface area contributed by atoms with Crippen molar-refractivity contribution in [1.29, 1.82) is 0 Å². The Morgan fingerprint density at radius 1 is 1.24 bits per heavy atom. The first-order chi connectivity index (χ1) is 10.0. The molecular weight excluding hydrogens is 288 g/mol. The quantitative estimate of drug-likeness (QED) is 0.495. The predicted molar refractivity (Wildman–Crippen MR) is 81.9 cm³/mol. The number of carbonyl (C=O) groups excluding carboxylic acids is 1. The standard InChI is InChI=1S/C16H15ClN2O2/c1-10-6-4-5-7-12(10)14(11(2)15(20)21-3)13-8-9-18-16(17)19-13/h4-9H,1-3H3/b14-11-. The summed E-state index contributed by atoms with van der Waals surface area (Å²) >= 11 is 5.87. The van der Waals surface area contributed by atoms with E-state index in [0.717, 1.165) is 11.1 Å². The number of rotatable bonds is 3. The topological polar surface area (TPSA) is 52.1 Å². The molecule has 0 fully saturated rings. The largest absolute Gasteiger partial charge is 0.466 e. The first-order valence-corrected chi connectivity index (χ1v) is 6.76. The van der Waals surface area contributed by atoms with E-state index < -0.39 is 5.97 Å². The van der Waals surface area contributed by atoms with E-state index in [0.29, 0.717) is 16.8 Å². The zero-order valence-electron chi connectivity index (χ0n) is 12.1. The molecule has 0 unspecified atom stereocenters. The van der Waals surface area contributed by atoms with Gasteiger partial charge in [0.1, 0.15) is 0 Å². The van der Waals surface area contributed by atoms with E-state index in [1.54, 1.807) is 19.2 Å². The molecule has 2 aromatic rings. The second-order valence-electron chi connectivity index (χ2n) is 4.52. The van der Waals surface area contributed by atoms with Gasteiger partial charge in [-0.15, -0.1) is 0 Å². The molecule has 0 bridgehead atoms. The van der Waals surface area contributed by atoms with Crippen molar-refractivity contribution in [2.75, 3.05) is 7.11 Å². The van der Waals surface area contributed by atoms with Crippen molar-refractivity contribution in [3.05, 3.63) is 64.2 Å². The Bertz CT molecular complexity index is 711. The van der Waals surface area contributed by atoms with Crippen molar-refractivity contribution >= 4 is 23.1 Å². The molecule has 0 aliphatic rings. The number of hydrogen-bond donors (Lipinski definition) is 0. The molecule has 0 atom stereocenters. The van der Waals surface area contributed by atoms with Crippen molar-refractivity contribution in [2.45, 2.75) is 13.8 Å². The minimum absolute atomic E-state index is 0.135. The number of aromatic nitrogens is 2. The van der Waals surface area contributed by atoms with Crippen LogP contribution < -0.4 is 0 Å². The minimum Gasteiger partial charge on any atom is -0.466 e. The zero-order chi connectivity index (χ0) is 15.4. The number of aryl methyl sites for hydroxylation is 1. The predicted octanol–water partition coefficient (Wildman–Crippen LogP) is 3.43. The molecule has 0 radical (unpaired) electrons. The van der Waals surface area contributed by atoms with Gasteiger partial charge in [-0.1, -0.05) is 24.3 Å². The maximum absolute atomic E-state index is 11.9. The summed E-state index contributed by atoms with van der Waals surface area (Å²) in [4.78, 5) is 20.0. The van der Waals surface area contributed by atoms with Crippen LogP contribution in [0, 0.1) is 6.92 Å². The summed E-state index contributed by atoms with van der Waals surface area (Å²) in [7, 11) is 1.36. The van der Waals surface area contributed by atoms with Gasteiger partial charge in [0.05, 0.1) is 12.8 Å². The van der Waals surface area contributed by atoms with Crippen molar-refractivity contribution in [1.82, 2.24) is 9.97 Å². The third-order valence-corrected chi connectivity index (χ3v) is 3.35. The molecule has 0 amide bonds. The van der Waals surface area contributed by atoms with Crippen molar-refractivity contribution in [2.24, 2.45) is 0 Å². The van der Waals surface area contributed by atoms with E-state index in [4.69, 9.17) is 16.3 Å². The third kappa shape index (κ3) is 3.28. The monoisotopic (exact) mass is 302 g/mol. The van der Waals surface area contributed by atoms with Gasteiger partial charge in [0.2, 0.25) is 5.28 Å². The fourth-order valence-corrected chi connectivity index (χ4v) is 2.26. The van der Waals surface area contributed by atoms with Gasteiger partial charge in [-0.3, -0.25) is 0 Å². The lowest BCUT2D eigenvalue weighted by Gasteiger charge is -2.13. The number of carbonyl (C=O) groups is 1. The molecule has 0 aliphatic carbocycles. The van der Waals surface area contributed by atoms with Crippen LogP contribution in [0.2, 0.25) is 5.28 Å². The lowest BCUT2D eigenvalue weighted by Crippen LogP contribution is -2.07. The molecule has 108 valence electrons. The molecular formula is C16H15ClN2O2. The number of benzene rings is 1. The Kier molecular flexibility index (Phi) is 4.70. The van der Waals surface area contributed by atoms with Crippen molar-refractivity contribution in [3.63, 3.8) is 0 Å². The van der Waals surface area contributed by atoms with Crippen LogP contribution in [0.3, 0.4) is 0 Å². The second-order valence-corrected chi connectivity index (χ2v) is 4.86. The van der Waals surface area contributed by atoms with Crippen LogP contribution in [0.4, 0.5) is 0 Å². The highest BCUT2D eigenvalue weighted by Crippen LogP contribution is 2.28. The van der Waals surface area contributed by atoms with Crippen LogP contribution in [-0.4, -0.2) is 23.0 Å². The van der Waals surface area contributed by atoms with E-state index in [1.807, 2.05) is 31.2 Å². The molecule has 21 heavy (non-hydrogen) atoms. The van der Waals surface area contributed by atoms with E-state index >= 15 is 0 Å². The van der Waals surface area contributed by atoms with E-state index in [2.05, 4.69) is 9.97 Å². The Balaban J connectivity index is 2.72. The fraction of sp³-hybridized carbons (Fsp3) is 0.188. The Morgan fingerprint density at radius 3 is 2.57 bits per heavy atom. The first-order valence-electron chi connectivity index (χ1n) is 6.38.